The van der Waals surface area contributed by atoms with Crippen LogP contribution < -0.4 is 29.0 Å². The van der Waals surface area contributed by atoms with Crippen molar-refractivity contribution in [1.29, 1.82) is 0 Å². The lowest BCUT2D eigenvalue weighted by atomic mass is 10.1. The Kier molecular flexibility index (Phi) is 7.77. The number of hydrogen-bond donors (Lipinski definition) is 1. The van der Waals surface area contributed by atoms with Crippen LogP contribution in [0.2, 0.25) is 0 Å². The second kappa shape index (κ2) is 10.3. The quantitative estimate of drug-likeness (QED) is 0.647. The molecule has 1 atom stereocenters. The molecule has 0 aromatic heterocycles. The van der Waals surface area contributed by atoms with Gasteiger partial charge in [0.25, 0.3) is 0 Å². The Bertz CT molecular complexity index is 878. The smallest absolute Gasteiger partial charge is 0.244 e. The van der Waals surface area contributed by atoms with E-state index >= 15 is 0 Å². The van der Waals surface area contributed by atoms with Crippen LogP contribution in [0.15, 0.2) is 36.4 Å². The van der Waals surface area contributed by atoms with E-state index in [1.54, 1.807) is 51.7 Å². The molecular formula is C22H27NO6. The highest BCUT2D eigenvalue weighted by Gasteiger charge is 2.16. The Morgan fingerprint density at radius 3 is 2.10 bits per heavy atom. The van der Waals surface area contributed by atoms with Crippen LogP contribution in [-0.4, -0.2) is 41.5 Å². The maximum atomic E-state index is 12.5. The molecule has 7 nitrogen and oxygen atoms in total. The van der Waals surface area contributed by atoms with Gasteiger partial charge in [-0.15, -0.1) is 0 Å². The van der Waals surface area contributed by atoms with E-state index in [2.05, 4.69) is 5.32 Å². The van der Waals surface area contributed by atoms with Crippen LogP contribution in [-0.2, 0) is 4.79 Å². The van der Waals surface area contributed by atoms with Crippen molar-refractivity contribution < 1.29 is 28.5 Å². The Labute approximate surface area is 171 Å². The van der Waals surface area contributed by atoms with Gasteiger partial charge < -0.3 is 29.0 Å². The summed E-state index contributed by atoms with van der Waals surface area (Å²) in [4.78, 5) is 12.5. The number of hydrogen-bond acceptors (Lipinski definition) is 6. The largest absolute Gasteiger partial charge is 0.497 e. The molecule has 0 unspecified atom stereocenters. The molecule has 0 aliphatic rings. The first-order valence-electron chi connectivity index (χ1n) is 8.98. The van der Waals surface area contributed by atoms with Crippen LogP contribution in [0, 0.1) is 0 Å². The van der Waals surface area contributed by atoms with Gasteiger partial charge in [0, 0.05) is 17.2 Å². The van der Waals surface area contributed by atoms with Crippen LogP contribution in [0.1, 0.15) is 24.1 Å². The second-order valence-electron chi connectivity index (χ2n) is 6.10. The molecule has 2 rings (SSSR count). The zero-order valence-corrected chi connectivity index (χ0v) is 17.6. The number of ether oxygens (including phenoxy) is 5. The Morgan fingerprint density at radius 1 is 0.862 bits per heavy atom. The average molecular weight is 401 g/mol. The molecule has 0 saturated carbocycles. The number of carbonyl (C=O) groups excluding carboxylic acids is 1. The molecule has 0 heterocycles. The van der Waals surface area contributed by atoms with Crippen molar-refractivity contribution in [2.45, 2.75) is 13.0 Å². The Balaban J connectivity index is 2.20. The van der Waals surface area contributed by atoms with E-state index in [4.69, 9.17) is 23.7 Å². The summed E-state index contributed by atoms with van der Waals surface area (Å²) in [5, 5.41) is 2.92. The van der Waals surface area contributed by atoms with Crippen molar-refractivity contribution in [3.63, 3.8) is 0 Å². The first-order valence-corrected chi connectivity index (χ1v) is 8.98. The number of methoxy groups -OCH3 is 5. The van der Waals surface area contributed by atoms with E-state index in [-0.39, 0.29) is 11.9 Å². The maximum Gasteiger partial charge on any atom is 0.244 e. The first kappa shape index (κ1) is 21.9. The van der Waals surface area contributed by atoms with Gasteiger partial charge in [-0.2, -0.15) is 0 Å². The third-order valence-electron chi connectivity index (χ3n) is 4.41. The predicted octanol–water partition coefficient (Wildman–Crippen LogP) is 3.62. The van der Waals surface area contributed by atoms with Crippen LogP contribution in [0.5, 0.6) is 28.7 Å². The van der Waals surface area contributed by atoms with Crippen molar-refractivity contribution in [3.8, 4) is 28.7 Å². The van der Waals surface area contributed by atoms with E-state index in [1.807, 2.05) is 13.0 Å². The highest BCUT2D eigenvalue weighted by molar-refractivity contribution is 5.92. The van der Waals surface area contributed by atoms with E-state index in [0.29, 0.717) is 34.3 Å². The average Bonchev–Trinajstić information content (AvgIpc) is 2.75. The molecule has 1 N–H and O–H groups in total. The minimum Gasteiger partial charge on any atom is -0.497 e. The van der Waals surface area contributed by atoms with Gasteiger partial charge in [0.15, 0.2) is 11.5 Å². The number of rotatable bonds is 9. The molecule has 0 saturated heterocycles. The zero-order valence-electron chi connectivity index (χ0n) is 17.6. The molecule has 1 amide bonds. The second-order valence-corrected chi connectivity index (χ2v) is 6.10. The molecular weight excluding hydrogens is 374 g/mol. The lowest BCUT2D eigenvalue weighted by Gasteiger charge is -2.17. The number of carbonyl (C=O) groups is 1. The molecule has 156 valence electrons. The van der Waals surface area contributed by atoms with Crippen LogP contribution in [0.25, 0.3) is 6.08 Å². The zero-order chi connectivity index (χ0) is 21.4. The summed E-state index contributed by atoms with van der Waals surface area (Å²) in [5.41, 5.74) is 1.50. The topological polar surface area (TPSA) is 75.3 Å². The molecule has 0 aliphatic carbocycles. The fraction of sp³-hybridized carbons (Fsp3) is 0.318. The van der Waals surface area contributed by atoms with E-state index in [9.17, 15) is 4.79 Å². The summed E-state index contributed by atoms with van der Waals surface area (Å²) in [7, 11) is 7.79. The van der Waals surface area contributed by atoms with E-state index in [0.717, 1.165) is 5.56 Å². The van der Waals surface area contributed by atoms with Gasteiger partial charge in [0.2, 0.25) is 11.7 Å². The van der Waals surface area contributed by atoms with E-state index in [1.165, 1.54) is 20.3 Å². The SMILES string of the molecule is COc1ccc(OC)c([C@@H](C)NC(=O)/C=C/c2ccc(OC)c(OC)c2OC)c1. The molecule has 0 aliphatic heterocycles. The van der Waals surface area contributed by atoms with Crippen molar-refractivity contribution in [2.75, 3.05) is 35.5 Å². The minimum atomic E-state index is -0.288. The van der Waals surface area contributed by atoms with E-state index < -0.39 is 0 Å². The molecule has 0 bridgehead atoms. The van der Waals surface area contributed by atoms with Crippen molar-refractivity contribution in [1.82, 2.24) is 5.32 Å². The first-order chi connectivity index (χ1) is 14.0. The maximum absolute atomic E-state index is 12.5. The van der Waals surface area contributed by atoms with Gasteiger partial charge in [-0.1, -0.05) is 0 Å². The van der Waals surface area contributed by atoms with Gasteiger partial charge in [0.05, 0.1) is 41.6 Å². The summed E-state index contributed by atoms with van der Waals surface area (Å²) in [6, 6.07) is 8.71. The number of amides is 1. The molecule has 7 heteroatoms. The fourth-order valence-corrected chi connectivity index (χ4v) is 2.94. The summed E-state index contributed by atoms with van der Waals surface area (Å²) >= 11 is 0. The number of nitrogens with one attached hydrogen (secondary N) is 1. The van der Waals surface area contributed by atoms with Crippen molar-refractivity contribution in [3.05, 3.63) is 47.5 Å². The summed E-state index contributed by atoms with van der Waals surface area (Å²) in [6.45, 7) is 1.88. The van der Waals surface area contributed by atoms with Crippen molar-refractivity contribution in [2.24, 2.45) is 0 Å². The standard InChI is InChI=1S/C22H27NO6/c1-14(17-13-16(25-2)9-11-18(17)26-3)23-20(24)12-8-15-7-10-19(27-4)22(29-6)21(15)28-5/h7-14H,1-6H3,(H,23,24)/b12-8+/t14-/m1/s1. The van der Waals surface area contributed by atoms with Crippen molar-refractivity contribution >= 4 is 12.0 Å². The summed E-state index contributed by atoms with van der Waals surface area (Å²) in [6.07, 6.45) is 3.10. The summed E-state index contributed by atoms with van der Waals surface area (Å²) in [5.74, 6) is 2.59. The van der Waals surface area contributed by atoms with Crippen LogP contribution in [0.4, 0.5) is 0 Å². The van der Waals surface area contributed by atoms with Gasteiger partial charge in [-0.05, 0) is 43.3 Å². The van der Waals surface area contributed by atoms with Gasteiger partial charge >= 0.3 is 0 Å². The van der Waals surface area contributed by atoms with Gasteiger partial charge in [-0.3, -0.25) is 4.79 Å². The fourth-order valence-electron chi connectivity index (χ4n) is 2.94. The lowest BCUT2D eigenvalue weighted by molar-refractivity contribution is -0.117. The van der Waals surface area contributed by atoms with Gasteiger partial charge in [-0.25, -0.2) is 0 Å². The highest BCUT2D eigenvalue weighted by atomic mass is 16.5. The molecule has 2 aromatic carbocycles. The molecule has 29 heavy (non-hydrogen) atoms. The molecule has 2 aromatic rings. The lowest BCUT2D eigenvalue weighted by Crippen LogP contribution is -2.25. The third kappa shape index (κ3) is 5.13. The highest BCUT2D eigenvalue weighted by Crippen LogP contribution is 2.40. The minimum absolute atomic E-state index is 0.265. The van der Waals surface area contributed by atoms with Gasteiger partial charge in [0.1, 0.15) is 11.5 Å². The molecule has 0 spiro atoms. The normalized spacial score (nSPS) is 11.7. The molecule has 0 fully saturated rings. The molecule has 0 radical (unpaired) electrons. The third-order valence-corrected chi connectivity index (χ3v) is 4.41. The summed E-state index contributed by atoms with van der Waals surface area (Å²) < 4.78 is 26.7. The van der Waals surface area contributed by atoms with Crippen LogP contribution in [0.3, 0.4) is 0 Å². The predicted molar refractivity (Wildman–Crippen MR) is 111 cm³/mol. The Hall–Kier alpha value is -3.35. The van der Waals surface area contributed by atoms with Crippen LogP contribution >= 0.6 is 0 Å². The monoisotopic (exact) mass is 401 g/mol. The Morgan fingerprint density at radius 2 is 1.52 bits per heavy atom. The number of benzene rings is 2.